The Kier molecular flexibility index (Phi) is 7.59. The molecule has 1 saturated heterocycles. The van der Waals surface area contributed by atoms with Gasteiger partial charge in [-0.2, -0.15) is 4.31 Å². The normalized spacial score (nSPS) is 22.0. The molecular weight excluding hydrogens is 336 g/mol. The molecule has 1 unspecified atom stereocenters. The highest BCUT2D eigenvalue weighted by molar-refractivity contribution is 7.88. The van der Waals surface area contributed by atoms with Crippen LogP contribution in [0.2, 0.25) is 0 Å². The van der Waals surface area contributed by atoms with Crippen LogP contribution in [0.4, 0.5) is 8.78 Å². The first-order valence-corrected chi connectivity index (χ1v) is 10.5. The molecule has 1 atom stereocenters. The summed E-state index contributed by atoms with van der Waals surface area (Å²) in [4.78, 5) is 3.97. The number of rotatable bonds is 8. The van der Waals surface area contributed by atoms with Crippen molar-refractivity contribution in [1.82, 2.24) is 14.1 Å². The molecule has 0 saturated carbocycles. The Balaban J connectivity index is 3.01. The summed E-state index contributed by atoms with van der Waals surface area (Å²) >= 11 is 0. The van der Waals surface area contributed by atoms with Crippen LogP contribution in [0, 0.1) is 0 Å². The third-order valence-electron chi connectivity index (χ3n) is 4.99. The van der Waals surface area contributed by atoms with E-state index in [1.165, 1.54) is 10.6 Å². The molecule has 1 rings (SSSR count). The van der Waals surface area contributed by atoms with E-state index < -0.39 is 22.0 Å². The highest BCUT2D eigenvalue weighted by Gasteiger charge is 2.38. The van der Waals surface area contributed by atoms with E-state index in [1.807, 2.05) is 20.8 Å². The standard InChI is InChI=1S/C16H33F2N3O2S/c1-7-16(4,5)21(24(6,22)23)11-14-10-19(12-15(17)18)8-9-20(14)13(2)3/h13-15H,7-12H2,1-6H3. The van der Waals surface area contributed by atoms with Gasteiger partial charge in [-0.15, -0.1) is 0 Å². The number of nitrogens with zero attached hydrogens (tertiary/aromatic N) is 3. The predicted molar refractivity (Wildman–Crippen MR) is 94.0 cm³/mol. The van der Waals surface area contributed by atoms with E-state index in [0.717, 1.165) is 0 Å². The minimum absolute atomic E-state index is 0.0851. The highest BCUT2D eigenvalue weighted by Crippen LogP contribution is 2.25. The lowest BCUT2D eigenvalue weighted by Gasteiger charge is -2.47. The van der Waals surface area contributed by atoms with E-state index in [0.29, 0.717) is 32.6 Å². The van der Waals surface area contributed by atoms with E-state index in [9.17, 15) is 17.2 Å². The van der Waals surface area contributed by atoms with Gasteiger partial charge in [0.2, 0.25) is 10.0 Å². The second-order valence-electron chi connectivity index (χ2n) is 7.60. The van der Waals surface area contributed by atoms with Crippen LogP contribution in [0.3, 0.4) is 0 Å². The monoisotopic (exact) mass is 369 g/mol. The summed E-state index contributed by atoms with van der Waals surface area (Å²) in [7, 11) is -3.38. The lowest BCUT2D eigenvalue weighted by atomic mass is 10.0. The third kappa shape index (κ3) is 5.89. The molecule has 1 aliphatic rings. The third-order valence-corrected chi connectivity index (χ3v) is 6.43. The van der Waals surface area contributed by atoms with Gasteiger partial charge in [0.15, 0.2) is 0 Å². The number of alkyl halides is 2. The molecule has 5 nitrogen and oxygen atoms in total. The van der Waals surface area contributed by atoms with Gasteiger partial charge in [-0.1, -0.05) is 6.92 Å². The number of piperazine rings is 1. The van der Waals surface area contributed by atoms with E-state index in [2.05, 4.69) is 18.7 Å². The fourth-order valence-corrected chi connectivity index (χ4v) is 4.81. The number of hydrogen-bond acceptors (Lipinski definition) is 4. The van der Waals surface area contributed by atoms with Gasteiger partial charge < -0.3 is 0 Å². The van der Waals surface area contributed by atoms with E-state index in [1.54, 1.807) is 4.90 Å². The Bertz CT molecular complexity index is 498. The second kappa shape index (κ2) is 8.38. The quantitative estimate of drug-likeness (QED) is 0.657. The first kappa shape index (κ1) is 21.7. The molecule has 24 heavy (non-hydrogen) atoms. The molecule has 1 heterocycles. The van der Waals surface area contributed by atoms with Crippen LogP contribution >= 0.6 is 0 Å². The Hall–Kier alpha value is -0.310. The predicted octanol–water partition coefficient (Wildman–Crippen LogP) is 2.10. The van der Waals surface area contributed by atoms with Crippen molar-refractivity contribution in [3.8, 4) is 0 Å². The van der Waals surface area contributed by atoms with E-state index >= 15 is 0 Å². The molecule has 8 heteroatoms. The zero-order valence-electron chi connectivity index (χ0n) is 15.8. The van der Waals surface area contributed by atoms with Gasteiger partial charge in [0.25, 0.3) is 6.43 Å². The zero-order chi connectivity index (χ0) is 18.7. The van der Waals surface area contributed by atoms with E-state index in [-0.39, 0.29) is 18.6 Å². The van der Waals surface area contributed by atoms with Crippen LogP contribution in [0.25, 0.3) is 0 Å². The maximum absolute atomic E-state index is 12.7. The lowest BCUT2D eigenvalue weighted by Crippen LogP contribution is -2.62. The Morgan fingerprint density at radius 3 is 2.25 bits per heavy atom. The Morgan fingerprint density at radius 2 is 1.83 bits per heavy atom. The van der Waals surface area contributed by atoms with Crippen molar-refractivity contribution in [2.24, 2.45) is 0 Å². The maximum Gasteiger partial charge on any atom is 0.251 e. The molecule has 0 aromatic rings. The van der Waals surface area contributed by atoms with Gasteiger partial charge >= 0.3 is 0 Å². The summed E-state index contributed by atoms with van der Waals surface area (Å²) < 4.78 is 51.6. The average molecular weight is 370 g/mol. The van der Waals surface area contributed by atoms with Crippen molar-refractivity contribution in [3.63, 3.8) is 0 Å². The number of sulfonamides is 1. The molecule has 0 amide bonds. The van der Waals surface area contributed by atoms with Crippen LogP contribution in [0.1, 0.15) is 41.0 Å². The van der Waals surface area contributed by atoms with Gasteiger partial charge in [-0.3, -0.25) is 9.80 Å². The Labute approximate surface area is 146 Å². The summed E-state index contributed by atoms with van der Waals surface area (Å²) in [6.45, 7) is 11.7. The highest BCUT2D eigenvalue weighted by atomic mass is 32.2. The van der Waals surface area contributed by atoms with Crippen LogP contribution in [0.15, 0.2) is 0 Å². The second-order valence-corrected chi connectivity index (χ2v) is 9.50. The van der Waals surface area contributed by atoms with Crippen LogP contribution < -0.4 is 0 Å². The van der Waals surface area contributed by atoms with Gasteiger partial charge in [0.1, 0.15) is 0 Å². The van der Waals surface area contributed by atoms with Crippen molar-refractivity contribution in [1.29, 1.82) is 0 Å². The molecule has 0 spiro atoms. The Morgan fingerprint density at radius 1 is 1.25 bits per heavy atom. The average Bonchev–Trinajstić information content (AvgIpc) is 2.42. The first-order valence-electron chi connectivity index (χ1n) is 8.62. The molecule has 144 valence electrons. The molecule has 0 aliphatic carbocycles. The lowest BCUT2D eigenvalue weighted by molar-refractivity contribution is 0.00447. The van der Waals surface area contributed by atoms with Crippen molar-refractivity contribution in [2.45, 2.75) is 65.1 Å². The molecule has 1 aliphatic heterocycles. The van der Waals surface area contributed by atoms with Crippen LogP contribution in [-0.4, -0.2) is 85.6 Å². The zero-order valence-corrected chi connectivity index (χ0v) is 16.6. The molecule has 0 bridgehead atoms. The van der Waals surface area contributed by atoms with Crippen LogP contribution in [0.5, 0.6) is 0 Å². The van der Waals surface area contributed by atoms with Gasteiger partial charge in [-0.05, 0) is 34.1 Å². The van der Waals surface area contributed by atoms with Crippen molar-refractivity contribution >= 4 is 10.0 Å². The first-order chi connectivity index (χ1) is 10.9. The van der Waals surface area contributed by atoms with Crippen LogP contribution in [-0.2, 0) is 10.0 Å². The number of hydrogen-bond donors (Lipinski definition) is 0. The topological polar surface area (TPSA) is 43.9 Å². The van der Waals surface area contributed by atoms with Crippen molar-refractivity contribution in [3.05, 3.63) is 0 Å². The SMILES string of the molecule is CCC(C)(C)N(CC1CN(CC(F)F)CCN1C(C)C)S(C)(=O)=O. The maximum atomic E-state index is 12.7. The van der Waals surface area contributed by atoms with E-state index in [4.69, 9.17) is 0 Å². The minimum Gasteiger partial charge on any atom is -0.295 e. The molecule has 0 aromatic heterocycles. The fraction of sp³-hybridized carbons (Fsp3) is 1.00. The fourth-order valence-electron chi connectivity index (χ4n) is 3.34. The summed E-state index contributed by atoms with van der Waals surface area (Å²) in [5.74, 6) is 0. The summed E-state index contributed by atoms with van der Waals surface area (Å²) in [5.41, 5.74) is -0.499. The summed E-state index contributed by atoms with van der Waals surface area (Å²) in [5, 5.41) is 0. The summed E-state index contributed by atoms with van der Waals surface area (Å²) in [6.07, 6.45) is -0.451. The molecule has 0 radical (unpaired) electrons. The van der Waals surface area contributed by atoms with Gasteiger partial charge in [-0.25, -0.2) is 17.2 Å². The molecule has 0 aromatic carbocycles. The van der Waals surface area contributed by atoms with Crippen molar-refractivity contribution in [2.75, 3.05) is 39.0 Å². The van der Waals surface area contributed by atoms with Crippen molar-refractivity contribution < 1.29 is 17.2 Å². The van der Waals surface area contributed by atoms with Gasteiger partial charge in [0.05, 0.1) is 12.8 Å². The summed E-state index contributed by atoms with van der Waals surface area (Å²) in [6, 6.07) is 0.160. The smallest absolute Gasteiger partial charge is 0.251 e. The largest absolute Gasteiger partial charge is 0.295 e. The minimum atomic E-state index is -3.38. The number of halogens is 2. The molecular formula is C16H33F2N3O2S. The molecule has 1 fully saturated rings. The molecule has 0 N–H and O–H groups in total. The van der Waals surface area contributed by atoms with Gasteiger partial charge in [0, 0.05) is 43.8 Å².